The highest BCUT2D eigenvalue weighted by atomic mass is 16.5. The number of hydrogen-bond donors (Lipinski definition) is 0. The van der Waals surface area contributed by atoms with Crippen LogP contribution in [0.25, 0.3) is 0 Å². The van der Waals surface area contributed by atoms with E-state index in [1.54, 1.807) is 6.92 Å². The number of nitrogens with zero attached hydrogens (tertiary/aromatic N) is 2. The molecule has 1 aromatic rings. The van der Waals surface area contributed by atoms with Gasteiger partial charge in [-0.2, -0.15) is 4.98 Å². The summed E-state index contributed by atoms with van der Waals surface area (Å²) in [5, 5.41) is 3.60. The Morgan fingerprint density at radius 2 is 2.36 bits per heavy atom. The molecule has 14 heavy (non-hydrogen) atoms. The predicted octanol–water partition coefficient (Wildman–Crippen LogP) is 0.322. The standard InChI is InChI=1S/C8H12N2O4/c1-3-13-8(11)4-7-9-6(5-12-2)10-14-7/h3-5H2,1-2H3. The normalized spacial score (nSPS) is 10.1. The molecule has 0 atom stereocenters. The van der Waals surface area contributed by atoms with Gasteiger partial charge in [0.1, 0.15) is 13.0 Å². The minimum Gasteiger partial charge on any atom is -0.466 e. The molecule has 6 heteroatoms. The van der Waals surface area contributed by atoms with Crippen molar-refractivity contribution in [2.24, 2.45) is 0 Å². The Balaban J connectivity index is 2.46. The van der Waals surface area contributed by atoms with Crippen LogP contribution in [-0.4, -0.2) is 29.8 Å². The summed E-state index contributed by atoms with van der Waals surface area (Å²) in [5.41, 5.74) is 0. The van der Waals surface area contributed by atoms with Crippen LogP contribution in [0.4, 0.5) is 0 Å². The largest absolute Gasteiger partial charge is 0.466 e. The molecule has 0 saturated carbocycles. The molecule has 78 valence electrons. The number of carbonyl (C=O) groups is 1. The van der Waals surface area contributed by atoms with Crippen LogP contribution in [0.5, 0.6) is 0 Å². The summed E-state index contributed by atoms with van der Waals surface area (Å²) in [7, 11) is 1.53. The van der Waals surface area contributed by atoms with E-state index < -0.39 is 0 Å². The summed E-state index contributed by atoms with van der Waals surface area (Å²) in [4.78, 5) is 14.9. The maximum atomic E-state index is 11.0. The smallest absolute Gasteiger partial charge is 0.315 e. The van der Waals surface area contributed by atoms with Crippen LogP contribution >= 0.6 is 0 Å². The SMILES string of the molecule is CCOC(=O)Cc1nc(COC)no1. The molecule has 1 rings (SSSR count). The molecule has 0 spiro atoms. The molecule has 1 aromatic heterocycles. The highest BCUT2D eigenvalue weighted by molar-refractivity contribution is 5.71. The van der Waals surface area contributed by atoms with E-state index in [1.165, 1.54) is 7.11 Å². The van der Waals surface area contributed by atoms with E-state index in [4.69, 9.17) is 14.0 Å². The highest BCUT2D eigenvalue weighted by Gasteiger charge is 2.11. The van der Waals surface area contributed by atoms with Crippen LogP contribution in [0.15, 0.2) is 4.52 Å². The first kappa shape index (κ1) is 10.6. The molecule has 0 aliphatic carbocycles. The lowest BCUT2D eigenvalue weighted by Gasteiger charge is -1.96. The number of methoxy groups -OCH3 is 1. The average Bonchev–Trinajstić information content (AvgIpc) is 2.53. The van der Waals surface area contributed by atoms with Gasteiger partial charge < -0.3 is 14.0 Å². The molecule has 1 heterocycles. The van der Waals surface area contributed by atoms with Gasteiger partial charge in [0.15, 0.2) is 5.82 Å². The average molecular weight is 200 g/mol. The zero-order valence-corrected chi connectivity index (χ0v) is 8.15. The number of esters is 1. The first-order valence-electron chi connectivity index (χ1n) is 4.22. The number of aromatic nitrogens is 2. The molecule has 0 saturated heterocycles. The Labute approximate surface area is 81.2 Å². The van der Waals surface area contributed by atoms with E-state index in [0.29, 0.717) is 12.4 Å². The van der Waals surface area contributed by atoms with Crippen molar-refractivity contribution >= 4 is 5.97 Å². The van der Waals surface area contributed by atoms with Gasteiger partial charge in [0.2, 0.25) is 5.89 Å². The Morgan fingerprint density at radius 3 is 3.00 bits per heavy atom. The Morgan fingerprint density at radius 1 is 1.57 bits per heavy atom. The Hall–Kier alpha value is -1.43. The van der Waals surface area contributed by atoms with Gasteiger partial charge in [0, 0.05) is 7.11 Å². The molecule has 0 aromatic carbocycles. The predicted molar refractivity (Wildman–Crippen MR) is 45.3 cm³/mol. The van der Waals surface area contributed by atoms with Crippen molar-refractivity contribution < 1.29 is 18.8 Å². The van der Waals surface area contributed by atoms with Gasteiger partial charge in [-0.05, 0) is 6.92 Å². The number of hydrogen-bond acceptors (Lipinski definition) is 6. The zero-order valence-electron chi connectivity index (χ0n) is 8.15. The molecule has 6 nitrogen and oxygen atoms in total. The molecule has 0 aliphatic heterocycles. The van der Waals surface area contributed by atoms with Gasteiger partial charge in [-0.3, -0.25) is 4.79 Å². The monoisotopic (exact) mass is 200 g/mol. The van der Waals surface area contributed by atoms with Crippen LogP contribution in [0, 0.1) is 0 Å². The maximum Gasteiger partial charge on any atom is 0.315 e. The lowest BCUT2D eigenvalue weighted by molar-refractivity contribution is -0.142. The summed E-state index contributed by atoms with van der Waals surface area (Å²) in [6.07, 6.45) is 0.00452. The number of rotatable bonds is 5. The van der Waals surface area contributed by atoms with Gasteiger partial charge in [0.05, 0.1) is 6.61 Å². The summed E-state index contributed by atoms with van der Waals surface area (Å²) in [5.74, 6) is 0.294. The number of ether oxygens (including phenoxy) is 2. The van der Waals surface area contributed by atoms with Crippen molar-refractivity contribution in [3.63, 3.8) is 0 Å². The first-order valence-corrected chi connectivity index (χ1v) is 4.22. The van der Waals surface area contributed by atoms with Gasteiger partial charge in [-0.15, -0.1) is 0 Å². The van der Waals surface area contributed by atoms with E-state index in [0.717, 1.165) is 0 Å². The van der Waals surface area contributed by atoms with Crippen molar-refractivity contribution in [2.45, 2.75) is 20.0 Å². The van der Waals surface area contributed by atoms with E-state index in [2.05, 4.69) is 10.1 Å². The van der Waals surface area contributed by atoms with Crippen LogP contribution in [0.1, 0.15) is 18.6 Å². The van der Waals surface area contributed by atoms with E-state index in [-0.39, 0.29) is 24.9 Å². The molecule has 0 amide bonds. The summed E-state index contributed by atoms with van der Waals surface area (Å²) < 4.78 is 14.3. The van der Waals surface area contributed by atoms with Crippen molar-refractivity contribution in [3.8, 4) is 0 Å². The fraction of sp³-hybridized carbons (Fsp3) is 0.625. The van der Waals surface area contributed by atoms with Crippen molar-refractivity contribution in [2.75, 3.05) is 13.7 Å². The quantitative estimate of drug-likeness (QED) is 0.637. The van der Waals surface area contributed by atoms with E-state index in [1.807, 2.05) is 0 Å². The topological polar surface area (TPSA) is 74.5 Å². The minimum atomic E-state index is -0.375. The molecular formula is C8H12N2O4. The fourth-order valence-electron chi connectivity index (χ4n) is 0.885. The van der Waals surface area contributed by atoms with E-state index in [9.17, 15) is 4.79 Å². The molecule has 0 unspecified atom stereocenters. The van der Waals surface area contributed by atoms with Crippen molar-refractivity contribution in [1.82, 2.24) is 10.1 Å². The van der Waals surface area contributed by atoms with Crippen LogP contribution in [-0.2, 0) is 27.3 Å². The molecule has 0 bridgehead atoms. The van der Waals surface area contributed by atoms with Crippen molar-refractivity contribution in [1.29, 1.82) is 0 Å². The molecule has 0 N–H and O–H groups in total. The van der Waals surface area contributed by atoms with Gasteiger partial charge in [0.25, 0.3) is 0 Å². The van der Waals surface area contributed by atoms with Crippen LogP contribution in [0.2, 0.25) is 0 Å². The van der Waals surface area contributed by atoms with E-state index >= 15 is 0 Å². The number of carbonyl (C=O) groups excluding carboxylic acids is 1. The Bertz CT molecular complexity index is 297. The second-order valence-electron chi connectivity index (χ2n) is 2.52. The second kappa shape index (κ2) is 5.33. The summed E-state index contributed by atoms with van der Waals surface area (Å²) in [6, 6.07) is 0. The Kier molecular flexibility index (Phi) is 4.06. The molecule has 0 fully saturated rings. The first-order chi connectivity index (χ1) is 6.76. The summed E-state index contributed by atoms with van der Waals surface area (Å²) in [6.45, 7) is 2.35. The molecule has 0 aliphatic rings. The second-order valence-corrected chi connectivity index (χ2v) is 2.52. The summed E-state index contributed by atoms with van der Waals surface area (Å²) >= 11 is 0. The fourth-order valence-corrected chi connectivity index (χ4v) is 0.885. The maximum absolute atomic E-state index is 11.0. The van der Waals surface area contributed by atoms with Crippen molar-refractivity contribution in [3.05, 3.63) is 11.7 Å². The van der Waals surface area contributed by atoms with Crippen LogP contribution in [0.3, 0.4) is 0 Å². The third kappa shape index (κ3) is 3.14. The third-order valence-corrected chi connectivity index (χ3v) is 1.38. The van der Waals surface area contributed by atoms with Gasteiger partial charge in [-0.1, -0.05) is 5.16 Å². The lowest BCUT2D eigenvalue weighted by atomic mass is 10.4. The van der Waals surface area contributed by atoms with Crippen LogP contribution < -0.4 is 0 Å². The third-order valence-electron chi connectivity index (χ3n) is 1.38. The lowest BCUT2D eigenvalue weighted by Crippen LogP contribution is -2.07. The molecule has 0 radical (unpaired) electrons. The molecular weight excluding hydrogens is 188 g/mol. The zero-order chi connectivity index (χ0) is 10.4. The van der Waals surface area contributed by atoms with Gasteiger partial charge in [-0.25, -0.2) is 0 Å². The highest BCUT2D eigenvalue weighted by Crippen LogP contribution is 2.00. The minimum absolute atomic E-state index is 0.00452. The van der Waals surface area contributed by atoms with Gasteiger partial charge >= 0.3 is 5.97 Å².